The van der Waals surface area contributed by atoms with Crippen molar-refractivity contribution in [1.82, 2.24) is 15.1 Å². The summed E-state index contributed by atoms with van der Waals surface area (Å²) in [5.74, 6) is 0.507. The molecule has 1 amide bonds. The minimum absolute atomic E-state index is 0.101. The van der Waals surface area contributed by atoms with Gasteiger partial charge in [0.15, 0.2) is 5.69 Å². The van der Waals surface area contributed by atoms with Crippen LogP contribution in [0.2, 0.25) is 0 Å². The van der Waals surface area contributed by atoms with Gasteiger partial charge in [0.05, 0.1) is 0 Å². The first-order valence-electron chi connectivity index (χ1n) is 6.45. The van der Waals surface area contributed by atoms with Crippen LogP contribution in [0.5, 0.6) is 0 Å². The molecule has 3 N–H and O–H groups in total. The highest BCUT2D eigenvalue weighted by Crippen LogP contribution is 2.19. The van der Waals surface area contributed by atoms with Gasteiger partial charge >= 0.3 is 0 Å². The van der Waals surface area contributed by atoms with Crippen LogP contribution in [0.15, 0.2) is 12.1 Å². The summed E-state index contributed by atoms with van der Waals surface area (Å²) in [5, 5.41) is 11.3. The maximum absolute atomic E-state index is 11.7. The summed E-state index contributed by atoms with van der Waals surface area (Å²) >= 11 is 0. The normalized spacial score (nSPS) is 13.7. The molecule has 1 atom stereocenters. The van der Waals surface area contributed by atoms with Crippen molar-refractivity contribution < 1.29 is 4.79 Å². The Bertz CT molecular complexity index is 418. The molecule has 0 fully saturated rings. The first kappa shape index (κ1) is 15.4. The van der Waals surface area contributed by atoms with E-state index in [2.05, 4.69) is 29.4 Å². The predicted molar refractivity (Wildman–Crippen MR) is 76.0 cm³/mol. The molecule has 1 heterocycles. The topological polar surface area (TPSA) is 84.1 Å². The Labute approximate surface area is 114 Å². The number of nitrogens with zero attached hydrogens (tertiary/aromatic N) is 3. The van der Waals surface area contributed by atoms with Crippen LogP contribution in [-0.4, -0.2) is 47.2 Å². The van der Waals surface area contributed by atoms with Crippen molar-refractivity contribution in [3.8, 4) is 0 Å². The number of aromatic nitrogens is 2. The number of nitrogens with one attached hydrogen (secondary N) is 1. The minimum atomic E-state index is -0.153. The quantitative estimate of drug-likeness (QED) is 0.805. The molecule has 1 aromatic heterocycles. The molecular weight excluding hydrogens is 242 g/mol. The fraction of sp³-hybridized carbons (Fsp3) is 0.615. The molecule has 0 aromatic carbocycles. The Hall–Kier alpha value is -1.69. The molecule has 1 rings (SSSR count). The van der Waals surface area contributed by atoms with E-state index in [4.69, 9.17) is 5.73 Å². The van der Waals surface area contributed by atoms with E-state index in [1.807, 2.05) is 0 Å². The van der Waals surface area contributed by atoms with Crippen molar-refractivity contribution in [3.63, 3.8) is 0 Å². The second-order valence-electron chi connectivity index (χ2n) is 5.08. The molecule has 0 saturated carbocycles. The highest BCUT2D eigenvalue weighted by Gasteiger charge is 2.21. The molecule has 1 aromatic rings. The summed E-state index contributed by atoms with van der Waals surface area (Å²) in [6, 6.07) is 3.45. The van der Waals surface area contributed by atoms with E-state index in [1.165, 1.54) is 4.90 Å². The van der Waals surface area contributed by atoms with E-state index < -0.39 is 0 Å². The van der Waals surface area contributed by atoms with Crippen molar-refractivity contribution in [2.24, 2.45) is 5.73 Å². The number of hydrogen-bond donors (Lipinski definition) is 2. The van der Waals surface area contributed by atoms with E-state index in [9.17, 15) is 4.79 Å². The third-order valence-corrected chi connectivity index (χ3v) is 3.20. The third kappa shape index (κ3) is 4.17. The molecule has 1 unspecified atom stereocenters. The van der Waals surface area contributed by atoms with Crippen LogP contribution in [0.3, 0.4) is 0 Å². The molecular formula is C13H23N5O. The zero-order valence-corrected chi connectivity index (χ0v) is 12.1. The molecule has 0 bridgehead atoms. The zero-order valence-electron chi connectivity index (χ0n) is 12.1. The fourth-order valence-corrected chi connectivity index (χ4v) is 1.70. The number of carbonyl (C=O) groups is 1. The lowest BCUT2D eigenvalue weighted by Gasteiger charge is -2.29. The fourth-order valence-electron chi connectivity index (χ4n) is 1.70. The van der Waals surface area contributed by atoms with Crippen molar-refractivity contribution in [2.45, 2.75) is 32.2 Å². The summed E-state index contributed by atoms with van der Waals surface area (Å²) in [6.07, 6.45) is 1.79. The Morgan fingerprint density at radius 2 is 2.11 bits per heavy atom. The zero-order chi connectivity index (χ0) is 14.5. The maximum Gasteiger partial charge on any atom is 0.273 e. The lowest BCUT2D eigenvalue weighted by atomic mass is 9.94. The van der Waals surface area contributed by atoms with Gasteiger partial charge in [0.1, 0.15) is 5.82 Å². The van der Waals surface area contributed by atoms with Gasteiger partial charge in [0.2, 0.25) is 0 Å². The number of rotatable bonds is 6. The van der Waals surface area contributed by atoms with Gasteiger partial charge in [-0.3, -0.25) is 4.79 Å². The van der Waals surface area contributed by atoms with Gasteiger partial charge in [-0.2, -0.15) is 0 Å². The van der Waals surface area contributed by atoms with Crippen LogP contribution in [0.25, 0.3) is 0 Å². The Balaban J connectivity index is 2.79. The van der Waals surface area contributed by atoms with Crippen LogP contribution >= 0.6 is 0 Å². The first-order chi connectivity index (χ1) is 8.91. The van der Waals surface area contributed by atoms with Gasteiger partial charge in [-0.15, -0.1) is 10.2 Å². The molecule has 6 nitrogen and oxygen atoms in total. The van der Waals surface area contributed by atoms with Crippen LogP contribution < -0.4 is 11.1 Å². The monoisotopic (exact) mass is 265 g/mol. The van der Waals surface area contributed by atoms with Crippen LogP contribution in [0.1, 0.15) is 37.2 Å². The highest BCUT2D eigenvalue weighted by atomic mass is 16.2. The van der Waals surface area contributed by atoms with Gasteiger partial charge < -0.3 is 16.0 Å². The van der Waals surface area contributed by atoms with E-state index in [-0.39, 0.29) is 11.4 Å². The Kier molecular flexibility index (Phi) is 5.23. The number of nitrogens with two attached hydrogens (primary N) is 1. The number of amides is 1. The predicted octanol–water partition coefficient (Wildman–Crippen LogP) is 1.11. The SMILES string of the molecule is CCC(C)(CCN)Nc1ccc(C(=O)N(C)C)nn1. The summed E-state index contributed by atoms with van der Waals surface area (Å²) in [4.78, 5) is 13.2. The lowest BCUT2D eigenvalue weighted by molar-refractivity contribution is 0.0821. The standard InChI is InChI=1S/C13H23N5O/c1-5-13(2,8-9-14)15-11-7-6-10(16-17-11)12(19)18(3)4/h6-7H,5,8-9,14H2,1-4H3,(H,15,17). The number of hydrogen-bond acceptors (Lipinski definition) is 5. The summed E-state index contributed by atoms with van der Waals surface area (Å²) in [7, 11) is 3.37. The molecule has 0 aliphatic heterocycles. The van der Waals surface area contributed by atoms with Crippen molar-refractivity contribution in [1.29, 1.82) is 0 Å². The van der Waals surface area contributed by atoms with E-state index in [1.54, 1.807) is 26.2 Å². The molecule has 0 saturated heterocycles. The van der Waals surface area contributed by atoms with Crippen LogP contribution in [-0.2, 0) is 0 Å². The number of carbonyl (C=O) groups excluding carboxylic acids is 1. The van der Waals surface area contributed by atoms with Crippen LogP contribution in [0.4, 0.5) is 5.82 Å². The summed E-state index contributed by atoms with van der Waals surface area (Å²) < 4.78 is 0. The number of anilines is 1. The largest absolute Gasteiger partial charge is 0.363 e. The van der Waals surface area contributed by atoms with E-state index in [0.717, 1.165) is 12.8 Å². The Morgan fingerprint density at radius 3 is 2.53 bits per heavy atom. The van der Waals surface area contributed by atoms with E-state index >= 15 is 0 Å². The molecule has 106 valence electrons. The highest BCUT2D eigenvalue weighted by molar-refractivity contribution is 5.91. The third-order valence-electron chi connectivity index (χ3n) is 3.20. The van der Waals surface area contributed by atoms with Crippen molar-refractivity contribution in [3.05, 3.63) is 17.8 Å². The second kappa shape index (κ2) is 6.47. The molecule has 0 radical (unpaired) electrons. The Morgan fingerprint density at radius 1 is 1.42 bits per heavy atom. The van der Waals surface area contributed by atoms with Crippen molar-refractivity contribution >= 4 is 11.7 Å². The van der Waals surface area contributed by atoms with Gasteiger partial charge in [-0.25, -0.2) is 0 Å². The minimum Gasteiger partial charge on any atom is -0.363 e. The van der Waals surface area contributed by atoms with Gasteiger partial charge in [0.25, 0.3) is 5.91 Å². The maximum atomic E-state index is 11.7. The molecule has 6 heteroatoms. The smallest absolute Gasteiger partial charge is 0.273 e. The second-order valence-corrected chi connectivity index (χ2v) is 5.08. The average Bonchev–Trinajstić information content (AvgIpc) is 2.39. The molecule has 0 spiro atoms. The summed E-state index contributed by atoms with van der Waals surface area (Å²) in [6.45, 7) is 4.81. The summed E-state index contributed by atoms with van der Waals surface area (Å²) in [5.41, 5.74) is 5.85. The molecule has 0 aliphatic rings. The van der Waals surface area contributed by atoms with E-state index in [0.29, 0.717) is 18.1 Å². The van der Waals surface area contributed by atoms with Gasteiger partial charge in [-0.1, -0.05) is 6.92 Å². The lowest BCUT2D eigenvalue weighted by Crippen LogP contribution is -2.36. The average molecular weight is 265 g/mol. The molecule has 19 heavy (non-hydrogen) atoms. The van der Waals surface area contributed by atoms with Crippen molar-refractivity contribution in [2.75, 3.05) is 26.0 Å². The van der Waals surface area contributed by atoms with Gasteiger partial charge in [0, 0.05) is 19.6 Å². The molecule has 0 aliphatic carbocycles. The van der Waals surface area contributed by atoms with Gasteiger partial charge in [-0.05, 0) is 38.4 Å². The first-order valence-corrected chi connectivity index (χ1v) is 6.45. The van der Waals surface area contributed by atoms with Crippen LogP contribution in [0, 0.1) is 0 Å².